The van der Waals surface area contributed by atoms with Crippen molar-refractivity contribution in [3.05, 3.63) is 34.7 Å². The lowest BCUT2D eigenvalue weighted by Gasteiger charge is -2.22. The molecule has 122 valence electrons. The van der Waals surface area contributed by atoms with E-state index in [9.17, 15) is 4.79 Å². The Kier molecular flexibility index (Phi) is 4.52. The molecule has 0 saturated carbocycles. The minimum Gasteiger partial charge on any atom is -0.491 e. The molecule has 5 nitrogen and oxygen atoms in total. The topological polar surface area (TPSA) is 63.3 Å². The Morgan fingerprint density at radius 3 is 2.78 bits per heavy atom. The molecule has 1 amide bonds. The molecule has 2 aromatic rings. The number of ether oxygens (including phenoxy) is 1. The first-order chi connectivity index (χ1) is 11.1. The van der Waals surface area contributed by atoms with Crippen molar-refractivity contribution in [1.29, 1.82) is 0 Å². The maximum absolute atomic E-state index is 12.0. The van der Waals surface area contributed by atoms with Gasteiger partial charge in [-0.15, -0.1) is 0 Å². The molecule has 2 heterocycles. The summed E-state index contributed by atoms with van der Waals surface area (Å²) in [5, 5.41) is 6.94. The Hall–Kier alpha value is -2.08. The zero-order chi connectivity index (χ0) is 16.4. The van der Waals surface area contributed by atoms with Crippen LogP contribution >= 0.6 is 11.3 Å². The summed E-state index contributed by atoms with van der Waals surface area (Å²) >= 11 is 1.61. The minimum atomic E-state index is 0.0124. The predicted octanol–water partition coefficient (Wildman–Crippen LogP) is 3.84. The van der Waals surface area contributed by atoms with Gasteiger partial charge in [0.15, 0.2) is 5.13 Å². The number of fused-ring (bicyclic) bond motifs is 1. The van der Waals surface area contributed by atoms with Crippen LogP contribution in [-0.4, -0.2) is 23.5 Å². The third-order valence-corrected chi connectivity index (χ3v) is 4.73. The van der Waals surface area contributed by atoms with Crippen LogP contribution < -0.4 is 15.4 Å². The van der Waals surface area contributed by atoms with Crippen LogP contribution in [0.5, 0.6) is 5.75 Å². The highest BCUT2D eigenvalue weighted by Crippen LogP contribution is 2.42. The molecule has 0 bridgehead atoms. The molecule has 0 spiro atoms. The average Bonchev–Trinajstić information content (AvgIpc) is 2.89. The summed E-state index contributed by atoms with van der Waals surface area (Å²) in [7, 11) is 0. The maximum atomic E-state index is 12.0. The first-order valence-electron chi connectivity index (χ1n) is 7.88. The van der Waals surface area contributed by atoms with Gasteiger partial charge in [0.1, 0.15) is 11.6 Å². The second-order valence-electron chi connectivity index (χ2n) is 5.80. The van der Waals surface area contributed by atoms with E-state index in [2.05, 4.69) is 15.6 Å². The molecule has 23 heavy (non-hydrogen) atoms. The van der Waals surface area contributed by atoms with Gasteiger partial charge in [0, 0.05) is 18.9 Å². The van der Waals surface area contributed by atoms with Crippen LogP contribution in [0.1, 0.15) is 43.6 Å². The van der Waals surface area contributed by atoms with E-state index >= 15 is 0 Å². The Balaban J connectivity index is 1.89. The molecule has 2 N–H and O–H groups in total. The van der Waals surface area contributed by atoms with E-state index in [4.69, 9.17) is 4.74 Å². The molecule has 1 atom stereocenters. The van der Waals surface area contributed by atoms with E-state index < -0.39 is 0 Å². The molecule has 3 rings (SSSR count). The van der Waals surface area contributed by atoms with E-state index in [0.29, 0.717) is 12.2 Å². The summed E-state index contributed by atoms with van der Waals surface area (Å²) in [5.74, 6) is 1.60. The smallest absolute Gasteiger partial charge is 0.226 e. The number of benzene rings is 1. The molecule has 1 aromatic carbocycles. The standard InChI is InChI=1S/C17H21N3O2S/c1-4-18-17-20-16-15(23-17)13(9-14(21)19-16)11-5-7-12(8-6-11)22-10(2)3/h5-8,10,13H,4,9H2,1-3H3,(H,18,20)(H,19,21)/t13-/m1/s1. The van der Waals surface area contributed by atoms with Crippen molar-refractivity contribution in [1.82, 2.24) is 4.98 Å². The van der Waals surface area contributed by atoms with E-state index in [1.54, 1.807) is 11.3 Å². The van der Waals surface area contributed by atoms with Crippen LogP contribution in [-0.2, 0) is 4.79 Å². The number of carbonyl (C=O) groups excluding carboxylic acids is 1. The zero-order valence-corrected chi connectivity index (χ0v) is 14.4. The second-order valence-corrected chi connectivity index (χ2v) is 6.83. The average molecular weight is 331 g/mol. The first-order valence-corrected chi connectivity index (χ1v) is 8.69. The molecule has 6 heteroatoms. The number of anilines is 2. The van der Waals surface area contributed by atoms with Crippen molar-refractivity contribution in [2.24, 2.45) is 0 Å². The van der Waals surface area contributed by atoms with Crippen molar-refractivity contribution < 1.29 is 9.53 Å². The van der Waals surface area contributed by atoms with Crippen LogP contribution in [0.3, 0.4) is 0 Å². The van der Waals surface area contributed by atoms with Gasteiger partial charge in [-0.2, -0.15) is 0 Å². The fraction of sp³-hybridized carbons (Fsp3) is 0.412. The van der Waals surface area contributed by atoms with E-state index in [0.717, 1.165) is 27.9 Å². The van der Waals surface area contributed by atoms with Gasteiger partial charge in [-0.25, -0.2) is 4.98 Å². The lowest BCUT2D eigenvalue weighted by molar-refractivity contribution is -0.116. The molecular weight excluding hydrogens is 310 g/mol. The Bertz CT molecular complexity index is 694. The van der Waals surface area contributed by atoms with Crippen LogP contribution in [0.25, 0.3) is 0 Å². The quantitative estimate of drug-likeness (QED) is 0.874. The van der Waals surface area contributed by atoms with Gasteiger partial charge in [-0.05, 0) is 38.5 Å². The monoisotopic (exact) mass is 331 g/mol. The van der Waals surface area contributed by atoms with Gasteiger partial charge in [0.05, 0.1) is 11.0 Å². The number of amides is 1. The largest absolute Gasteiger partial charge is 0.491 e. The third-order valence-electron chi connectivity index (χ3n) is 3.60. The number of hydrogen-bond donors (Lipinski definition) is 2. The van der Waals surface area contributed by atoms with Crippen LogP contribution in [0.4, 0.5) is 10.9 Å². The second kappa shape index (κ2) is 6.58. The van der Waals surface area contributed by atoms with E-state index in [1.165, 1.54) is 0 Å². The molecule has 0 unspecified atom stereocenters. The lowest BCUT2D eigenvalue weighted by atomic mass is 9.91. The molecule has 0 fully saturated rings. The van der Waals surface area contributed by atoms with E-state index in [1.807, 2.05) is 45.0 Å². The summed E-state index contributed by atoms with van der Waals surface area (Å²) in [6.45, 7) is 6.85. The SMILES string of the molecule is CCNc1nc2c(s1)[C@@H](c1ccc(OC(C)C)cc1)CC(=O)N2. The number of carbonyl (C=O) groups is 1. The summed E-state index contributed by atoms with van der Waals surface area (Å²) in [5.41, 5.74) is 1.11. The minimum absolute atomic E-state index is 0.0124. The van der Waals surface area contributed by atoms with Crippen molar-refractivity contribution in [3.8, 4) is 5.75 Å². The number of hydrogen-bond acceptors (Lipinski definition) is 5. The van der Waals surface area contributed by atoms with Crippen LogP contribution in [0, 0.1) is 0 Å². The zero-order valence-electron chi connectivity index (χ0n) is 13.6. The fourth-order valence-corrected chi connectivity index (χ4v) is 3.78. The molecule has 0 aliphatic carbocycles. The van der Waals surface area contributed by atoms with Crippen LogP contribution in [0.2, 0.25) is 0 Å². The molecule has 1 aliphatic heterocycles. The number of rotatable bonds is 5. The maximum Gasteiger partial charge on any atom is 0.226 e. The van der Waals surface area contributed by atoms with Gasteiger partial charge in [0.2, 0.25) is 5.91 Å². The normalized spacial score (nSPS) is 16.9. The Morgan fingerprint density at radius 2 is 2.13 bits per heavy atom. The van der Waals surface area contributed by atoms with Gasteiger partial charge in [0.25, 0.3) is 0 Å². The van der Waals surface area contributed by atoms with Gasteiger partial charge < -0.3 is 15.4 Å². The molecule has 0 saturated heterocycles. The first kappa shape index (κ1) is 15.8. The van der Waals surface area contributed by atoms with E-state index in [-0.39, 0.29) is 17.9 Å². The predicted molar refractivity (Wildman–Crippen MR) is 93.6 cm³/mol. The van der Waals surface area contributed by atoms with Gasteiger partial charge >= 0.3 is 0 Å². The highest BCUT2D eigenvalue weighted by atomic mass is 32.1. The third kappa shape index (κ3) is 3.47. The van der Waals surface area contributed by atoms with Crippen molar-refractivity contribution in [2.45, 2.75) is 39.2 Å². The van der Waals surface area contributed by atoms with Crippen molar-refractivity contribution >= 4 is 28.2 Å². The Morgan fingerprint density at radius 1 is 1.39 bits per heavy atom. The highest BCUT2D eigenvalue weighted by molar-refractivity contribution is 7.16. The summed E-state index contributed by atoms with van der Waals surface area (Å²) in [6.07, 6.45) is 0.600. The Labute approximate surface area is 140 Å². The van der Waals surface area contributed by atoms with Crippen LogP contribution in [0.15, 0.2) is 24.3 Å². The summed E-state index contributed by atoms with van der Waals surface area (Å²) in [4.78, 5) is 17.6. The molecule has 1 aromatic heterocycles. The molecular formula is C17H21N3O2S. The number of nitrogens with one attached hydrogen (secondary N) is 2. The number of aromatic nitrogens is 1. The number of nitrogens with zero attached hydrogens (tertiary/aromatic N) is 1. The van der Waals surface area contributed by atoms with Gasteiger partial charge in [-0.3, -0.25) is 4.79 Å². The fourth-order valence-electron chi connectivity index (χ4n) is 2.67. The molecule has 1 aliphatic rings. The van der Waals surface area contributed by atoms with Gasteiger partial charge in [-0.1, -0.05) is 23.5 Å². The molecule has 0 radical (unpaired) electrons. The van der Waals surface area contributed by atoms with Crippen molar-refractivity contribution in [2.75, 3.05) is 17.2 Å². The van der Waals surface area contributed by atoms with Crippen molar-refractivity contribution in [3.63, 3.8) is 0 Å². The lowest BCUT2D eigenvalue weighted by Crippen LogP contribution is -2.22. The number of thiazole rings is 1. The summed E-state index contributed by atoms with van der Waals surface area (Å²) < 4.78 is 5.68. The highest BCUT2D eigenvalue weighted by Gasteiger charge is 2.30. The summed E-state index contributed by atoms with van der Waals surface area (Å²) in [6, 6.07) is 8.01.